The van der Waals surface area contributed by atoms with Crippen molar-refractivity contribution in [3.63, 3.8) is 0 Å². The fourth-order valence-corrected chi connectivity index (χ4v) is 3.53. The Labute approximate surface area is 150 Å². The average molecular weight is 350 g/mol. The largest absolute Gasteiger partial charge is 0.397 e. The van der Waals surface area contributed by atoms with Crippen LogP contribution in [0.15, 0.2) is 48.8 Å². The number of benzene rings is 1. The molecule has 0 atom stereocenters. The molecule has 0 aliphatic carbocycles. The highest BCUT2D eigenvalue weighted by Gasteiger charge is 2.26. The number of anilines is 1. The van der Waals surface area contributed by atoms with E-state index < -0.39 is 0 Å². The molecule has 1 saturated heterocycles. The summed E-state index contributed by atoms with van der Waals surface area (Å²) in [5.74, 6) is -0.0949. The summed E-state index contributed by atoms with van der Waals surface area (Å²) in [7, 11) is 0. The first kappa shape index (κ1) is 16.4. The molecule has 1 amide bonds. The highest BCUT2D eigenvalue weighted by molar-refractivity contribution is 5.94. The second-order valence-electron chi connectivity index (χ2n) is 6.61. The fraction of sp³-hybridized carbons (Fsp3) is 0.250. The number of carbonyl (C=O) groups excluding carboxylic acids is 1. The summed E-state index contributed by atoms with van der Waals surface area (Å²) in [4.78, 5) is 23.0. The topological polar surface area (TPSA) is 72.1 Å². The van der Waals surface area contributed by atoms with Crippen molar-refractivity contribution in [3.05, 3.63) is 65.9 Å². The molecule has 2 aromatic heterocycles. The highest BCUT2D eigenvalue weighted by Crippen LogP contribution is 2.32. The standard InChI is InChI=1S/C20H19FN4O/c21-16-3-4-18-15(10-16)11-17(22)19(24-18)13-5-8-25(9-6-13)20(26)14-2-1-7-23-12-14/h1-4,7,10-13H,5-6,8-9,22H2. The van der Waals surface area contributed by atoms with Gasteiger partial charge in [0, 0.05) is 36.8 Å². The molecule has 0 saturated carbocycles. The molecule has 4 rings (SSSR count). The minimum atomic E-state index is -0.298. The van der Waals surface area contributed by atoms with Crippen molar-refractivity contribution < 1.29 is 9.18 Å². The molecule has 1 fully saturated rings. The van der Waals surface area contributed by atoms with Gasteiger partial charge in [0.15, 0.2) is 0 Å². The van der Waals surface area contributed by atoms with E-state index in [2.05, 4.69) is 9.97 Å². The van der Waals surface area contributed by atoms with Gasteiger partial charge in [0.2, 0.25) is 0 Å². The summed E-state index contributed by atoms with van der Waals surface area (Å²) >= 11 is 0. The van der Waals surface area contributed by atoms with E-state index in [9.17, 15) is 9.18 Å². The summed E-state index contributed by atoms with van der Waals surface area (Å²) in [5.41, 5.74) is 8.96. The SMILES string of the molecule is Nc1cc2cc(F)ccc2nc1C1CCN(C(=O)c2cccnc2)CC1. The number of aromatic nitrogens is 2. The summed E-state index contributed by atoms with van der Waals surface area (Å²) in [6.45, 7) is 1.31. The Morgan fingerprint density at radius 2 is 2.00 bits per heavy atom. The van der Waals surface area contributed by atoms with Gasteiger partial charge in [-0.25, -0.2) is 4.39 Å². The number of nitrogens with two attached hydrogens (primary N) is 1. The third-order valence-corrected chi connectivity index (χ3v) is 4.91. The van der Waals surface area contributed by atoms with E-state index in [4.69, 9.17) is 5.73 Å². The number of fused-ring (bicyclic) bond motifs is 1. The minimum absolute atomic E-state index is 0.00599. The fourth-order valence-electron chi connectivity index (χ4n) is 3.53. The molecular weight excluding hydrogens is 331 g/mol. The summed E-state index contributed by atoms with van der Waals surface area (Å²) in [6, 6.07) is 9.86. The van der Waals surface area contributed by atoms with Crippen molar-refractivity contribution in [1.29, 1.82) is 0 Å². The van der Waals surface area contributed by atoms with Crippen molar-refractivity contribution in [2.75, 3.05) is 18.8 Å². The lowest BCUT2D eigenvalue weighted by atomic mass is 9.91. The first-order valence-corrected chi connectivity index (χ1v) is 8.67. The molecule has 2 N–H and O–H groups in total. The number of nitrogen functional groups attached to an aromatic ring is 1. The number of nitrogens with zero attached hydrogens (tertiary/aromatic N) is 3. The number of amides is 1. The summed E-state index contributed by atoms with van der Waals surface area (Å²) in [5, 5.41) is 0.704. The van der Waals surface area contributed by atoms with Crippen molar-refractivity contribution in [1.82, 2.24) is 14.9 Å². The summed E-state index contributed by atoms with van der Waals surface area (Å²) < 4.78 is 13.4. The first-order valence-electron chi connectivity index (χ1n) is 8.67. The number of hydrogen-bond donors (Lipinski definition) is 1. The Morgan fingerprint density at radius 1 is 1.19 bits per heavy atom. The van der Waals surface area contributed by atoms with Gasteiger partial charge in [-0.1, -0.05) is 0 Å². The second kappa shape index (κ2) is 6.71. The molecule has 132 valence electrons. The molecule has 1 aromatic carbocycles. The van der Waals surface area contributed by atoms with Crippen LogP contribution in [-0.2, 0) is 0 Å². The Morgan fingerprint density at radius 3 is 2.73 bits per heavy atom. The van der Waals surface area contributed by atoms with Crippen LogP contribution in [0.1, 0.15) is 34.8 Å². The van der Waals surface area contributed by atoms with Gasteiger partial charge in [0.25, 0.3) is 5.91 Å². The van der Waals surface area contributed by atoms with Crippen LogP contribution in [0.2, 0.25) is 0 Å². The van der Waals surface area contributed by atoms with E-state index in [0.717, 1.165) is 24.1 Å². The van der Waals surface area contributed by atoms with Crippen LogP contribution in [0, 0.1) is 5.82 Å². The Hall–Kier alpha value is -3.02. The van der Waals surface area contributed by atoms with Crippen molar-refractivity contribution in [2.45, 2.75) is 18.8 Å². The molecule has 5 nitrogen and oxygen atoms in total. The van der Waals surface area contributed by atoms with Crippen LogP contribution in [0.4, 0.5) is 10.1 Å². The summed E-state index contributed by atoms with van der Waals surface area (Å²) in [6.07, 6.45) is 4.85. The van der Waals surface area contributed by atoms with Crippen LogP contribution in [0.3, 0.4) is 0 Å². The first-order chi connectivity index (χ1) is 12.6. The van der Waals surface area contributed by atoms with E-state index in [1.54, 1.807) is 36.7 Å². The van der Waals surface area contributed by atoms with Crippen LogP contribution in [0.5, 0.6) is 0 Å². The number of carbonyl (C=O) groups is 1. The molecule has 1 aliphatic heterocycles. The molecule has 1 aliphatic rings. The quantitative estimate of drug-likeness (QED) is 0.769. The lowest BCUT2D eigenvalue weighted by molar-refractivity contribution is 0.0712. The maximum absolute atomic E-state index is 13.4. The predicted octanol–water partition coefficient (Wildman–Crippen LogP) is 3.37. The average Bonchev–Trinajstić information content (AvgIpc) is 2.68. The molecular formula is C20H19FN4O. The van der Waals surface area contributed by atoms with E-state index in [-0.39, 0.29) is 17.6 Å². The van der Waals surface area contributed by atoms with Gasteiger partial charge >= 0.3 is 0 Å². The second-order valence-corrected chi connectivity index (χ2v) is 6.61. The zero-order chi connectivity index (χ0) is 18.1. The van der Waals surface area contributed by atoms with Crippen molar-refractivity contribution >= 4 is 22.5 Å². The van der Waals surface area contributed by atoms with Gasteiger partial charge < -0.3 is 10.6 Å². The van der Waals surface area contributed by atoms with E-state index in [0.29, 0.717) is 29.7 Å². The molecule has 26 heavy (non-hydrogen) atoms. The van der Waals surface area contributed by atoms with Crippen molar-refractivity contribution in [2.24, 2.45) is 0 Å². The minimum Gasteiger partial charge on any atom is -0.397 e. The molecule has 3 heterocycles. The third kappa shape index (κ3) is 3.10. The van der Waals surface area contributed by atoms with Gasteiger partial charge in [-0.3, -0.25) is 14.8 Å². The Bertz CT molecular complexity index is 953. The molecule has 3 aromatic rings. The molecule has 0 unspecified atom stereocenters. The highest BCUT2D eigenvalue weighted by atomic mass is 19.1. The smallest absolute Gasteiger partial charge is 0.255 e. The van der Waals surface area contributed by atoms with Crippen LogP contribution >= 0.6 is 0 Å². The van der Waals surface area contributed by atoms with Crippen molar-refractivity contribution in [3.8, 4) is 0 Å². The van der Waals surface area contributed by atoms with Crippen LogP contribution in [-0.4, -0.2) is 33.9 Å². The maximum Gasteiger partial charge on any atom is 0.255 e. The monoisotopic (exact) mass is 350 g/mol. The molecule has 0 bridgehead atoms. The lowest BCUT2D eigenvalue weighted by Gasteiger charge is -2.32. The zero-order valence-corrected chi connectivity index (χ0v) is 14.2. The number of piperidine rings is 1. The van der Waals surface area contributed by atoms with Crippen LogP contribution in [0.25, 0.3) is 10.9 Å². The normalized spacial score (nSPS) is 15.3. The van der Waals surface area contributed by atoms with Crippen LogP contribution < -0.4 is 5.73 Å². The van der Waals surface area contributed by atoms with Gasteiger partial charge in [-0.15, -0.1) is 0 Å². The van der Waals surface area contributed by atoms with E-state index >= 15 is 0 Å². The van der Waals surface area contributed by atoms with E-state index in [1.165, 1.54) is 12.1 Å². The van der Waals surface area contributed by atoms with Gasteiger partial charge in [0.1, 0.15) is 5.82 Å². The Balaban J connectivity index is 1.51. The molecule has 0 spiro atoms. The number of likely N-dealkylation sites (tertiary alicyclic amines) is 1. The maximum atomic E-state index is 13.4. The zero-order valence-electron chi connectivity index (χ0n) is 14.2. The van der Waals surface area contributed by atoms with Gasteiger partial charge in [-0.2, -0.15) is 0 Å². The Kier molecular flexibility index (Phi) is 4.24. The lowest BCUT2D eigenvalue weighted by Crippen LogP contribution is -2.38. The predicted molar refractivity (Wildman–Crippen MR) is 98.2 cm³/mol. The number of rotatable bonds is 2. The number of pyridine rings is 2. The molecule has 6 heteroatoms. The molecule has 0 radical (unpaired) electrons. The number of hydrogen-bond acceptors (Lipinski definition) is 4. The number of halogens is 1. The van der Waals surface area contributed by atoms with Gasteiger partial charge in [-0.05, 0) is 49.2 Å². The van der Waals surface area contributed by atoms with E-state index in [1.807, 2.05) is 4.90 Å². The third-order valence-electron chi connectivity index (χ3n) is 4.91. The van der Waals surface area contributed by atoms with Gasteiger partial charge in [0.05, 0.1) is 22.5 Å².